The number of carbonyl (C=O) groups excluding carboxylic acids is 2. The number of hydrogen-bond acceptors (Lipinski definition) is 6. The number of likely N-dealkylation sites (tertiary alicyclic amines) is 1. The number of aliphatic hydroxyl groups excluding tert-OH is 1. The van der Waals surface area contributed by atoms with Gasteiger partial charge in [-0.1, -0.05) is 11.6 Å². The molecule has 4 rings (SSSR count). The zero-order valence-electron chi connectivity index (χ0n) is 17.1. The summed E-state index contributed by atoms with van der Waals surface area (Å²) < 4.78 is 5.49. The predicted octanol–water partition coefficient (Wildman–Crippen LogP) is 0.505. The molecule has 2 saturated heterocycles. The average molecular weight is 440 g/mol. The van der Waals surface area contributed by atoms with Crippen molar-refractivity contribution in [3.63, 3.8) is 0 Å². The molecule has 2 aliphatic heterocycles. The highest BCUT2D eigenvalue weighted by molar-refractivity contribution is 6.33. The van der Waals surface area contributed by atoms with Gasteiger partial charge in [0.2, 0.25) is 5.91 Å². The van der Waals surface area contributed by atoms with Gasteiger partial charge in [-0.15, -0.1) is 0 Å². The quantitative estimate of drug-likeness (QED) is 0.616. The number of morpholine rings is 1. The lowest BCUT2D eigenvalue weighted by Crippen LogP contribution is -2.61. The minimum atomic E-state index is -0.641. The number of halogens is 1. The number of carbonyl (C=O) groups is 2. The zero-order chi connectivity index (χ0) is 21.1. The van der Waals surface area contributed by atoms with Crippen LogP contribution in [0.25, 0.3) is 0 Å². The van der Waals surface area contributed by atoms with Gasteiger partial charge in [0, 0.05) is 38.8 Å². The molecule has 0 spiro atoms. The second-order valence-electron chi connectivity index (χ2n) is 8.52. The van der Waals surface area contributed by atoms with E-state index in [1.807, 2.05) is 0 Å². The number of rotatable bonds is 5. The molecule has 30 heavy (non-hydrogen) atoms. The second-order valence-corrected chi connectivity index (χ2v) is 8.92. The summed E-state index contributed by atoms with van der Waals surface area (Å²) in [5, 5.41) is 18.9. The van der Waals surface area contributed by atoms with Crippen molar-refractivity contribution < 1.29 is 19.4 Å². The SMILES string of the molecule is O=C(c1[nH]ncc1Cl)N1CC[C@@H]2C[C@@H](N3CCOCC3)CC[C@@]2(C(=O)NCCO)C1. The lowest BCUT2D eigenvalue weighted by Gasteiger charge is -2.53. The molecule has 3 aliphatic rings. The number of aromatic amines is 1. The Bertz CT molecular complexity index is 768. The molecule has 1 aliphatic carbocycles. The van der Waals surface area contributed by atoms with Crippen LogP contribution in [-0.2, 0) is 9.53 Å². The van der Waals surface area contributed by atoms with Crippen molar-refractivity contribution in [2.75, 3.05) is 52.5 Å². The normalized spacial score (nSPS) is 30.0. The van der Waals surface area contributed by atoms with Crippen LogP contribution >= 0.6 is 11.6 Å². The maximum absolute atomic E-state index is 13.3. The maximum Gasteiger partial charge on any atom is 0.273 e. The first-order valence-corrected chi connectivity index (χ1v) is 11.1. The molecular formula is C20H30ClN5O4. The lowest BCUT2D eigenvalue weighted by atomic mass is 9.60. The lowest BCUT2D eigenvalue weighted by molar-refractivity contribution is -0.143. The summed E-state index contributed by atoms with van der Waals surface area (Å²) in [5.41, 5.74) is -0.374. The number of nitrogens with zero attached hydrogens (tertiary/aromatic N) is 3. The molecule has 3 fully saturated rings. The Balaban J connectivity index is 1.53. The van der Waals surface area contributed by atoms with Crippen LogP contribution in [0.4, 0.5) is 0 Å². The Morgan fingerprint density at radius 1 is 1.33 bits per heavy atom. The van der Waals surface area contributed by atoms with Gasteiger partial charge in [-0.2, -0.15) is 5.10 Å². The number of fused-ring (bicyclic) bond motifs is 1. The largest absolute Gasteiger partial charge is 0.395 e. The summed E-state index contributed by atoms with van der Waals surface area (Å²) in [6.45, 7) is 4.46. The molecule has 0 unspecified atom stereocenters. The predicted molar refractivity (Wildman–Crippen MR) is 110 cm³/mol. The van der Waals surface area contributed by atoms with Crippen LogP contribution in [0.2, 0.25) is 5.02 Å². The zero-order valence-corrected chi connectivity index (χ0v) is 17.9. The monoisotopic (exact) mass is 439 g/mol. The van der Waals surface area contributed by atoms with Gasteiger partial charge in [0.25, 0.3) is 5.91 Å². The molecule has 1 aromatic heterocycles. The minimum Gasteiger partial charge on any atom is -0.395 e. The smallest absolute Gasteiger partial charge is 0.273 e. The van der Waals surface area contributed by atoms with Crippen molar-refractivity contribution in [2.24, 2.45) is 11.3 Å². The summed E-state index contributed by atoms with van der Waals surface area (Å²) in [6.07, 6.45) is 4.76. The average Bonchev–Trinajstić information content (AvgIpc) is 3.22. The summed E-state index contributed by atoms with van der Waals surface area (Å²) in [4.78, 5) is 30.5. The summed E-state index contributed by atoms with van der Waals surface area (Å²) in [7, 11) is 0. The van der Waals surface area contributed by atoms with Gasteiger partial charge in [0.05, 0.1) is 36.5 Å². The molecule has 3 N–H and O–H groups in total. The second kappa shape index (κ2) is 9.21. The van der Waals surface area contributed by atoms with Crippen LogP contribution in [0.15, 0.2) is 6.20 Å². The number of ether oxygens (including phenoxy) is 1. The van der Waals surface area contributed by atoms with Crippen LogP contribution in [0.5, 0.6) is 0 Å². The highest BCUT2D eigenvalue weighted by Gasteiger charge is 2.53. The fraction of sp³-hybridized carbons (Fsp3) is 0.750. The summed E-state index contributed by atoms with van der Waals surface area (Å²) in [6, 6.07) is 0.446. The van der Waals surface area contributed by atoms with Gasteiger partial charge in [-0.3, -0.25) is 19.6 Å². The van der Waals surface area contributed by atoms with Crippen LogP contribution < -0.4 is 5.32 Å². The van der Waals surface area contributed by atoms with E-state index in [1.165, 1.54) is 6.20 Å². The Morgan fingerprint density at radius 3 is 2.83 bits per heavy atom. The fourth-order valence-electron chi connectivity index (χ4n) is 5.38. The molecule has 9 nitrogen and oxygen atoms in total. The van der Waals surface area contributed by atoms with Crippen molar-refractivity contribution >= 4 is 23.4 Å². The number of nitrogens with one attached hydrogen (secondary N) is 2. The van der Waals surface area contributed by atoms with Crippen molar-refractivity contribution in [2.45, 2.75) is 31.7 Å². The van der Waals surface area contributed by atoms with E-state index in [2.05, 4.69) is 20.4 Å². The Labute approximate surface area is 181 Å². The molecule has 1 aromatic rings. The Kier molecular flexibility index (Phi) is 6.62. The van der Waals surface area contributed by atoms with E-state index in [9.17, 15) is 14.7 Å². The third kappa shape index (κ3) is 4.08. The maximum atomic E-state index is 13.3. The number of piperidine rings is 1. The molecule has 3 heterocycles. The van der Waals surface area contributed by atoms with Gasteiger partial charge >= 0.3 is 0 Å². The molecular weight excluding hydrogens is 410 g/mol. The molecule has 166 valence electrons. The number of hydrogen-bond donors (Lipinski definition) is 3. The first-order chi connectivity index (χ1) is 14.5. The summed E-state index contributed by atoms with van der Waals surface area (Å²) in [5.74, 6) is -0.0881. The number of H-pyrrole nitrogens is 1. The van der Waals surface area contributed by atoms with Crippen molar-refractivity contribution in [3.05, 3.63) is 16.9 Å². The first-order valence-electron chi connectivity index (χ1n) is 10.7. The minimum absolute atomic E-state index is 0.0600. The van der Waals surface area contributed by atoms with E-state index < -0.39 is 5.41 Å². The van der Waals surface area contributed by atoms with Crippen molar-refractivity contribution in [3.8, 4) is 0 Å². The molecule has 0 bridgehead atoms. The number of amides is 2. The molecule has 10 heteroatoms. The van der Waals surface area contributed by atoms with E-state index in [0.29, 0.717) is 19.1 Å². The van der Waals surface area contributed by atoms with Crippen LogP contribution in [0.1, 0.15) is 36.2 Å². The van der Waals surface area contributed by atoms with Gasteiger partial charge in [0.15, 0.2) is 0 Å². The number of aliphatic hydroxyl groups is 1. The Hall–Kier alpha value is -1.68. The van der Waals surface area contributed by atoms with E-state index in [0.717, 1.165) is 52.0 Å². The Morgan fingerprint density at radius 2 is 2.13 bits per heavy atom. The standard InChI is InChI=1S/C20H30ClN5O4/c21-16-12-23-24-17(16)18(28)26-5-2-14-11-15(25-6-9-30-10-7-25)1-3-20(14,13-26)19(29)22-4-8-27/h12,14-15,27H,1-11,13H2,(H,22,29)(H,23,24)/t14-,15+,20-/m1/s1. The third-order valence-electron chi connectivity index (χ3n) is 6.99. The molecule has 0 aromatic carbocycles. The molecule has 1 saturated carbocycles. The van der Waals surface area contributed by atoms with Crippen LogP contribution in [-0.4, -0.2) is 95.5 Å². The molecule has 2 amide bonds. The van der Waals surface area contributed by atoms with Gasteiger partial charge in [-0.25, -0.2) is 0 Å². The fourth-order valence-corrected chi connectivity index (χ4v) is 5.55. The summed E-state index contributed by atoms with van der Waals surface area (Å²) >= 11 is 6.10. The first kappa shape index (κ1) is 21.5. The number of aromatic nitrogens is 2. The van der Waals surface area contributed by atoms with Crippen LogP contribution in [0, 0.1) is 11.3 Å². The van der Waals surface area contributed by atoms with Gasteiger partial charge in [-0.05, 0) is 31.6 Å². The van der Waals surface area contributed by atoms with Crippen molar-refractivity contribution in [1.29, 1.82) is 0 Å². The highest BCUT2D eigenvalue weighted by Crippen LogP contribution is 2.48. The highest BCUT2D eigenvalue weighted by atomic mass is 35.5. The molecule has 0 radical (unpaired) electrons. The van der Waals surface area contributed by atoms with E-state index >= 15 is 0 Å². The van der Waals surface area contributed by atoms with E-state index in [1.54, 1.807) is 4.90 Å². The van der Waals surface area contributed by atoms with Crippen LogP contribution in [0.3, 0.4) is 0 Å². The van der Waals surface area contributed by atoms with E-state index in [-0.39, 0.29) is 41.6 Å². The molecule has 3 atom stereocenters. The topological polar surface area (TPSA) is 111 Å². The third-order valence-corrected chi connectivity index (χ3v) is 7.27. The van der Waals surface area contributed by atoms with Gasteiger partial charge in [0.1, 0.15) is 5.69 Å². The van der Waals surface area contributed by atoms with Crippen molar-refractivity contribution in [1.82, 2.24) is 25.3 Å². The van der Waals surface area contributed by atoms with Gasteiger partial charge < -0.3 is 20.1 Å². The van der Waals surface area contributed by atoms with E-state index in [4.69, 9.17) is 16.3 Å².